The molecule has 1 aromatic rings. The van der Waals surface area contributed by atoms with E-state index in [1.807, 2.05) is 0 Å². The molecule has 1 amide bonds. The first-order chi connectivity index (χ1) is 6.56. The van der Waals surface area contributed by atoms with Gasteiger partial charge in [-0.2, -0.15) is 0 Å². The number of amides is 1. The highest BCUT2D eigenvalue weighted by atomic mass is 35.5. The minimum absolute atomic E-state index is 0. The van der Waals surface area contributed by atoms with Crippen LogP contribution in [0.15, 0.2) is 18.2 Å². The van der Waals surface area contributed by atoms with Crippen LogP contribution < -0.4 is 10.6 Å². The molecule has 15 heavy (non-hydrogen) atoms. The molecule has 0 fully saturated rings. The topological polar surface area (TPSA) is 46.3 Å². The number of carbonyl (C=O) groups is 1. The minimum atomic E-state index is -0.510. The van der Waals surface area contributed by atoms with Crippen molar-refractivity contribution in [1.29, 1.82) is 0 Å². The highest BCUT2D eigenvalue weighted by Gasteiger charge is 2.10. The van der Waals surface area contributed by atoms with E-state index in [-0.39, 0.29) is 29.9 Å². The number of hydrogen-bond donors (Lipinski definition) is 1. The minimum Gasteiger partial charge on any atom is -0.322 e. The van der Waals surface area contributed by atoms with E-state index in [9.17, 15) is 9.18 Å². The Morgan fingerprint density at radius 2 is 2.20 bits per heavy atom. The van der Waals surface area contributed by atoms with Crippen LogP contribution in [-0.4, -0.2) is 19.5 Å². The molecule has 0 heterocycles. The van der Waals surface area contributed by atoms with E-state index >= 15 is 0 Å². The van der Waals surface area contributed by atoms with E-state index in [1.54, 1.807) is 7.05 Å². The highest BCUT2D eigenvalue weighted by Crippen LogP contribution is 2.21. The van der Waals surface area contributed by atoms with Crippen molar-refractivity contribution in [3.05, 3.63) is 29.0 Å². The maximum atomic E-state index is 12.8. The third kappa shape index (κ3) is 3.34. The molecular formula is C9H11Cl2FN2O. The average molecular weight is 253 g/mol. The molecule has 0 aromatic heterocycles. The van der Waals surface area contributed by atoms with Crippen molar-refractivity contribution in [2.75, 3.05) is 18.5 Å². The summed E-state index contributed by atoms with van der Waals surface area (Å²) in [5.41, 5.74) is 5.70. The normalized spacial score (nSPS) is 9.33. The summed E-state index contributed by atoms with van der Waals surface area (Å²) < 4.78 is 12.8. The first-order valence-electron chi connectivity index (χ1n) is 3.98. The summed E-state index contributed by atoms with van der Waals surface area (Å²) in [5, 5.41) is -0.0147. The molecule has 0 spiro atoms. The third-order valence-electron chi connectivity index (χ3n) is 1.84. The van der Waals surface area contributed by atoms with E-state index in [0.29, 0.717) is 5.69 Å². The lowest BCUT2D eigenvalue weighted by Gasteiger charge is -2.16. The van der Waals surface area contributed by atoms with Gasteiger partial charge in [-0.3, -0.25) is 4.79 Å². The SMILES string of the molecule is CN(C(=O)CN)c1ccc(F)c(Cl)c1.Cl. The largest absolute Gasteiger partial charge is 0.322 e. The van der Waals surface area contributed by atoms with Gasteiger partial charge in [0.25, 0.3) is 0 Å². The second-order valence-corrected chi connectivity index (χ2v) is 3.16. The van der Waals surface area contributed by atoms with Crippen LogP contribution in [0.1, 0.15) is 0 Å². The molecule has 1 rings (SSSR count). The van der Waals surface area contributed by atoms with Crippen LogP contribution >= 0.6 is 24.0 Å². The van der Waals surface area contributed by atoms with E-state index < -0.39 is 5.82 Å². The fourth-order valence-electron chi connectivity index (χ4n) is 0.975. The number of carbonyl (C=O) groups excluding carboxylic acids is 1. The zero-order valence-electron chi connectivity index (χ0n) is 8.04. The van der Waals surface area contributed by atoms with Crippen LogP contribution in [0.3, 0.4) is 0 Å². The molecule has 0 aliphatic carbocycles. The zero-order chi connectivity index (χ0) is 10.7. The molecule has 1 aromatic carbocycles. The monoisotopic (exact) mass is 252 g/mol. The molecule has 0 aliphatic heterocycles. The fraction of sp³-hybridized carbons (Fsp3) is 0.222. The molecule has 0 aliphatic rings. The van der Waals surface area contributed by atoms with Crippen LogP contribution in [-0.2, 0) is 4.79 Å². The van der Waals surface area contributed by atoms with Crippen molar-refractivity contribution in [3.63, 3.8) is 0 Å². The van der Waals surface area contributed by atoms with Crippen molar-refractivity contribution >= 4 is 35.6 Å². The Morgan fingerprint density at radius 3 is 2.67 bits per heavy atom. The average Bonchev–Trinajstić information content (AvgIpc) is 2.20. The molecule has 0 bridgehead atoms. The second-order valence-electron chi connectivity index (χ2n) is 2.76. The molecule has 0 saturated carbocycles. The van der Waals surface area contributed by atoms with Gasteiger partial charge in [0, 0.05) is 12.7 Å². The Labute approximate surface area is 98.4 Å². The quantitative estimate of drug-likeness (QED) is 0.873. The summed E-state index contributed by atoms with van der Waals surface area (Å²) in [6.07, 6.45) is 0. The summed E-state index contributed by atoms with van der Waals surface area (Å²) >= 11 is 5.56. The molecule has 0 atom stereocenters. The lowest BCUT2D eigenvalue weighted by Crippen LogP contribution is -2.32. The van der Waals surface area contributed by atoms with Gasteiger partial charge >= 0.3 is 0 Å². The van der Waals surface area contributed by atoms with E-state index in [1.165, 1.54) is 23.1 Å². The van der Waals surface area contributed by atoms with Crippen molar-refractivity contribution in [3.8, 4) is 0 Å². The molecule has 84 valence electrons. The van der Waals surface area contributed by atoms with Gasteiger partial charge in [0.05, 0.1) is 11.6 Å². The smallest absolute Gasteiger partial charge is 0.240 e. The van der Waals surface area contributed by atoms with Crippen LogP contribution in [0, 0.1) is 5.82 Å². The summed E-state index contributed by atoms with van der Waals surface area (Å²) in [6.45, 7) is -0.0918. The maximum absolute atomic E-state index is 12.8. The van der Waals surface area contributed by atoms with Crippen molar-refractivity contribution in [2.45, 2.75) is 0 Å². The number of likely N-dealkylation sites (N-methyl/N-ethyl adjacent to an activating group) is 1. The Hall–Kier alpha value is -0.840. The Bertz CT molecular complexity index is 360. The standard InChI is InChI=1S/C9H10ClFN2O.ClH/c1-13(9(14)5-12)6-2-3-8(11)7(10)4-6;/h2-4H,5,12H2,1H3;1H. The van der Waals surface area contributed by atoms with E-state index in [4.69, 9.17) is 17.3 Å². The van der Waals surface area contributed by atoms with Crippen LogP contribution in [0.25, 0.3) is 0 Å². The fourth-order valence-corrected chi connectivity index (χ4v) is 1.15. The van der Waals surface area contributed by atoms with Gasteiger partial charge in [-0.1, -0.05) is 11.6 Å². The van der Waals surface area contributed by atoms with Gasteiger partial charge in [0.2, 0.25) is 5.91 Å². The number of nitrogens with zero attached hydrogens (tertiary/aromatic N) is 1. The highest BCUT2D eigenvalue weighted by molar-refractivity contribution is 6.31. The van der Waals surface area contributed by atoms with Crippen LogP contribution in [0.4, 0.5) is 10.1 Å². The number of rotatable bonds is 2. The molecule has 6 heteroatoms. The summed E-state index contributed by atoms with van der Waals surface area (Å²) in [4.78, 5) is 12.5. The maximum Gasteiger partial charge on any atom is 0.240 e. The van der Waals surface area contributed by atoms with Crippen molar-refractivity contribution < 1.29 is 9.18 Å². The first kappa shape index (κ1) is 14.2. The van der Waals surface area contributed by atoms with Crippen molar-refractivity contribution in [1.82, 2.24) is 0 Å². The van der Waals surface area contributed by atoms with Gasteiger partial charge in [0.15, 0.2) is 0 Å². The number of benzene rings is 1. The van der Waals surface area contributed by atoms with E-state index in [0.717, 1.165) is 0 Å². The van der Waals surface area contributed by atoms with Crippen LogP contribution in [0.5, 0.6) is 0 Å². The van der Waals surface area contributed by atoms with Crippen LogP contribution in [0.2, 0.25) is 5.02 Å². The van der Waals surface area contributed by atoms with Crippen molar-refractivity contribution in [2.24, 2.45) is 5.73 Å². The van der Waals surface area contributed by atoms with Gasteiger partial charge in [-0.15, -0.1) is 12.4 Å². The predicted octanol–water partition coefficient (Wildman–Crippen LogP) is 1.82. The molecule has 3 nitrogen and oxygen atoms in total. The predicted molar refractivity (Wildman–Crippen MR) is 61.1 cm³/mol. The Balaban J connectivity index is 0.00000196. The zero-order valence-corrected chi connectivity index (χ0v) is 9.61. The van der Waals surface area contributed by atoms with Gasteiger partial charge in [-0.25, -0.2) is 4.39 Å². The van der Waals surface area contributed by atoms with E-state index in [2.05, 4.69) is 0 Å². The lowest BCUT2D eigenvalue weighted by molar-refractivity contribution is -0.117. The molecule has 0 saturated heterocycles. The first-order valence-corrected chi connectivity index (χ1v) is 4.35. The number of anilines is 1. The number of halogens is 3. The second kappa shape index (κ2) is 5.90. The summed E-state index contributed by atoms with van der Waals surface area (Å²) in [7, 11) is 1.55. The lowest BCUT2D eigenvalue weighted by atomic mass is 10.3. The molecule has 0 radical (unpaired) electrons. The van der Waals surface area contributed by atoms with Gasteiger partial charge in [0.1, 0.15) is 5.82 Å². The third-order valence-corrected chi connectivity index (χ3v) is 2.13. The summed E-state index contributed by atoms with van der Waals surface area (Å²) in [6, 6.07) is 4.05. The molecule has 2 N–H and O–H groups in total. The Morgan fingerprint density at radius 1 is 1.60 bits per heavy atom. The molecular weight excluding hydrogens is 242 g/mol. The number of hydrogen-bond acceptors (Lipinski definition) is 2. The molecule has 0 unspecified atom stereocenters. The van der Waals surface area contributed by atoms with Gasteiger partial charge < -0.3 is 10.6 Å². The Kier molecular flexibility index (Phi) is 5.57. The number of nitrogens with two attached hydrogens (primary N) is 1. The summed E-state index contributed by atoms with van der Waals surface area (Å²) in [5.74, 6) is -0.767. The van der Waals surface area contributed by atoms with Gasteiger partial charge in [-0.05, 0) is 18.2 Å².